The molecule has 0 nitrogen and oxygen atoms in total. The SMILES string of the molecule is C=C(C)c1c(F)c(F)c(F)c(F)c1-c1ccc2c(ccc3cc(-c4c(F)c(F)c(F)c(F)c4F)ccc32)c1. The van der Waals surface area contributed by atoms with Crippen molar-refractivity contribution in [2.24, 2.45) is 0 Å². The maximum atomic E-state index is 14.8. The molecule has 0 aliphatic heterocycles. The Morgan fingerprint density at radius 3 is 1.29 bits per heavy atom. The van der Waals surface area contributed by atoms with E-state index in [1.165, 1.54) is 55.5 Å². The molecule has 0 saturated heterocycles. The highest BCUT2D eigenvalue weighted by molar-refractivity contribution is 6.09. The van der Waals surface area contributed by atoms with Gasteiger partial charge in [-0.3, -0.25) is 0 Å². The summed E-state index contributed by atoms with van der Waals surface area (Å²) in [5.74, 6) is -17.4. The van der Waals surface area contributed by atoms with Gasteiger partial charge in [-0.15, -0.1) is 0 Å². The molecule has 0 aromatic heterocycles. The molecule has 38 heavy (non-hydrogen) atoms. The van der Waals surface area contributed by atoms with E-state index in [4.69, 9.17) is 0 Å². The molecule has 0 spiro atoms. The Morgan fingerprint density at radius 1 is 0.474 bits per heavy atom. The Kier molecular flexibility index (Phi) is 5.97. The average Bonchev–Trinajstić information content (AvgIpc) is 2.90. The fourth-order valence-electron chi connectivity index (χ4n) is 4.54. The Hall–Kier alpha value is -4.27. The predicted molar refractivity (Wildman–Crippen MR) is 127 cm³/mol. The number of fused-ring (bicyclic) bond motifs is 3. The van der Waals surface area contributed by atoms with Crippen molar-refractivity contribution in [3.8, 4) is 22.3 Å². The highest BCUT2D eigenvalue weighted by atomic mass is 19.2. The predicted octanol–water partition coefficient (Wildman–Crippen LogP) is 9.61. The van der Waals surface area contributed by atoms with Crippen molar-refractivity contribution < 1.29 is 39.5 Å². The lowest BCUT2D eigenvalue weighted by atomic mass is 9.91. The van der Waals surface area contributed by atoms with Gasteiger partial charge in [0.2, 0.25) is 5.82 Å². The van der Waals surface area contributed by atoms with Crippen molar-refractivity contribution in [3.63, 3.8) is 0 Å². The molecule has 0 bridgehead atoms. The zero-order valence-corrected chi connectivity index (χ0v) is 19.2. The second kappa shape index (κ2) is 8.93. The van der Waals surface area contributed by atoms with Crippen LogP contribution in [0.15, 0.2) is 55.1 Å². The number of benzene rings is 5. The number of hydrogen-bond donors (Lipinski definition) is 0. The molecular weight excluding hydrogens is 519 g/mol. The maximum Gasteiger partial charge on any atom is 0.200 e. The summed E-state index contributed by atoms with van der Waals surface area (Å²) >= 11 is 0. The number of allylic oxidation sites excluding steroid dienone is 1. The van der Waals surface area contributed by atoms with Gasteiger partial charge in [-0.25, -0.2) is 39.5 Å². The second-order valence-electron chi connectivity index (χ2n) is 8.67. The maximum absolute atomic E-state index is 14.8. The van der Waals surface area contributed by atoms with E-state index in [0.717, 1.165) is 0 Å². The molecule has 5 aromatic carbocycles. The first-order valence-electron chi connectivity index (χ1n) is 10.9. The van der Waals surface area contributed by atoms with Gasteiger partial charge in [-0.1, -0.05) is 43.0 Å². The Balaban J connectivity index is 1.71. The zero-order chi connectivity index (χ0) is 27.6. The number of halogens is 9. The standard InChI is InChI=1S/C29H13F9/c1-11(2)18-19(22(31)26(35)25(34)21(18)30)14-5-7-16-12(9-14)3-4-13-10-15(6-8-17(13)16)20-23(32)27(36)29(38)28(37)24(20)33/h3-10H,1H2,2H3. The molecule has 0 fully saturated rings. The molecule has 192 valence electrons. The lowest BCUT2D eigenvalue weighted by molar-refractivity contribution is 0.381. The fraction of sp³-hybridized carbons (Fsp3) is 0.0345. The lowest BCUT2D eigenvalue weighted by Gasteiger charge is -2.15. The summed E-state index contributed by atoms with van der Waals surface area (Å²) in [5, 5.41) is 1.85. The first kappa shape index (κ1) is 25.4. The van der Waals surface area contributed by atoms with E-state index in [0.29, 0.717) is 21.5 Å². The van der Waals surface area contributed by atoms with E-state index in [1.54, 1.807) is 0 Å². The average molecular weight is 532 g/mol. The summed E-state index contributed by atoms with van der Waals surface area (Å²) in [7, 11) is 0. The zero-order valence-electron chi connectivity index (χ0n) is 19.2. The molecule has 0 heterocycles. The highest BCUT2D eigenvalue weighted by Gasteiger charge is 2.28. The fourth-order valence-corrected chi connectivity index (χ4v) is 4.54. The van der Waals surface area contributed by atoms with E-state index in [2.05, 4.69) is 6.58 Å². The van der Waals surface area contributed by atoms with Gasteiger partial charge in [-0.2, -0.15) is 0 Å². The van der Waals surface area contributed by atoms with Gasteiger partial charge in [0, 0.05) is 11.1 Å². The van der Waals surface area contributed by atoms with Crippen LogP contribution in [0.3, 0.4) is 0 Å². The molecule has 5 aromatic rings. The Morgan fingerprint density at radius 2 is 0.842 bits per heavy atom. The van der Waals surface area contributed by atoms with Crippen molar-refractivity contribution in [3.05, 3.63) is 113 Å². The van der Waals surface area contributed by atoms with Gasteiger partial charge in [-0.05, 0) is 57.3 Å². The molecule has 9 heteroatoms. The Bertz CT molecular complexity index is 1810. The molecule has 0 saturated carbocycles. The summed E-state index contributed by atoms with van der Waals surface area (Å²) < 4.78 is 127. The number of rotatable bonds is 3. The molecule has 0 aliphatic rings. The summed E-state index contributed by atoms with van der Waals surface area (Å²) in [6.07, 6.45) is 0. The second-order valence-corrected chi connectivity index (χ2v) is 8.67. The summed E-state index contributed by atoms with van der Waals surface area (Å²) in [6, 6.07) is 11.1. The monoisotopic (exact) mass is 532 g/mol. The molecule has 0 N–H and O–H groups in total. The third kappa shape index (κ3) is 3.64. The smallest absolute Gasteiger partial charge is 0.200 e. The van der Waals surface area contributed by atoms with Crippen molar-refractivity contribution >= 4 is 27.1 Å². The topological polar surface area (TPSA) is 0 Å². The minimum Gasteiger partial charge on any atom is -0.203 e. The van der Waals surface area contributed by atoms with Crippen molar-refractivity contribution in [2.75, 3.05) is 0 Å². The van der Waals surface area contributed by atoms with E-state index in [-0.39, 0.29) is 16.7 Å². The summed E-state index contributed by atoms with van der Waals surface area (Å²) in [5.41, 5.74) is -2.38. The Labute approximate surface area is 209 Å². The van der Waals surface area contributed by atoms with Crippen LogP contribution in [0, 0.1) is 52.4 Å². The third-order valence-corrected chi connectivity index (χ3v) is 6.32. The van der Waals surface area contributed by atoms with Crippen LogP contribution in [0.1, 0.15) is 12.5 Å². The van der Waals surface area contributed by atoms with Crippen molar-refractivity contribution in [1.82, 2.24) is 0 Å². The van der Waals surface area contributed by atoms with Crippen LogP contribution in [0.4, 0.5) is 39.5 Å². The van der Waals surface area contributed by atoms with Gasteiger partial charge in [0.15, 0.2) is 46.5 Å². The van der Waals surface area contributed by atoms with E-state index in [1.807, 2.05) is 0 Å². The van der Waals surface area contributed by atoms with Crippen LogP contribution in [-0.2, 0) is 0 Å². The third-order valence-electron chi connectivity index (χ3n) is 6.32. The first-order valence-corrected chi connectivity index (χ1v) is 10.9. The number of hydrogen-bond acceptors (Lipinski definition) is 0. The minimum atomic E-state index is -2.27. The van der Waals surface area contributed by atoms with Crippen molar-refractivity contribution in [1.29, 1.82) is 0 Å². The quantitative estimate of drug-likeness (QED) is 0.0940. The van der Waals surface area contributed by atoms with Crippen LogP contribution in [0.5, 0.6) is 0 Å². The van der Waals surface area contributed by atoms with Gasteiger partial charge in [0.1, 0.15) is 0 Å². The van der Waals surface area contributed by atoms with Gasteiger partial charge in [0.05, 0.1) is 5.56 Å². The van der Waals surface area contributed by atoms with Crippen LogP contribution >= 0.6 is 0 Å². The molecule has 0 unspecified atom stereocenters. The van der Waals surface area contributed by atoms with Crippen molar-refractivity contribution in [2.45, 2.75) is 6.92 Å². The van der Waals surface area contributed by atoms with Gasteiger partial charge >= 0.3 is 0 Å². The molecule has 0 amide bonds. The summed E-state index contributed by atoms with van der Waals surface area (Å²) in [4.78, 5) is 0. The summed E-state index contributed by atoms with van der Waals surface area (Å²) in [6.45, 7) is 4.85. The molecule has 5 rings (SSSR count). The minimum absolute atomic E-state index is 0.0307. The van der Waals surface area contributed by atoms with E-state index < -0.39 is 69.0 Å². The molecule has 0 radical (unpaired) electrons. The van der Waals surface area contributed by atoms with Gasteiger partial charge < -0.3 is 0 Å². The van der Waals surface area contributed by atoms with Crippen LogP contribution < -0.4 is 0 Å². The normalized spacial score (nSPS) is 11.5. The largest absolute Gasteiger partial charge is 0.203 e. The van der Waals surface area contributed by atoms with Crippen LogP contribution in [-0.4, -0.2) is 0 Å². The van der Waals surface area contributed by atoms with Crippen LogP contribution in [0.2, 0.25) is 0 Å². The lowest BCUT2D eigenvalue weighted by Crippen LogP contribution is -2.05. The molecule has 0 atom stereocenters. The van der Waals surface area contributed by atoms with E-state index >= 15 is 0 Å². The highest BCUT2D eigenvalue weighted by Crippen LogP contribution is 2.39. The first-order chi connectivity index (χ1) is 17.9. The molecular formula is C29H13F9. The van der Waals surface area contributed by atoms with E-state index in [9.17, 15) is 39.5 Å². The van der Waals surface area contributed by atoms with Gasteiger partial charge in [0.25, 0.3) is 0 Å². The van der Waals surface area contributed by atoms with Crippen LogP contribution in [0.25, 0.3) is 49.4 Å². The molecule has 0 aliphatic carbocycles.